The smallest absolute Gasteiger partial charge is 0.335 e. The third kappa shape index (κ3) is 11.1. The van der Waals surface area contributed by atoms with Crippen molar-refractivity contribution in [3.63, 3.8) is 0 Å². The predicted molar refractivity (Wildman–Crippen MR) is 194 cm³/mol. The number of hydrogen-bond donors (Lipinski definition) is 3. The lowest BCUT2D eigenvalue weighted by molar-refractivity contribution is 0.0695. The van der Waals surface area contributed by atoms with Gasteiger partial charge in [-0.25, -0.2) is 4.79 Å². The van der Waals surface area contributed by atoms with Gasteiger partial charge >= 0.3 is 5.97 Å². The first-order valence-corrected chi connectivity index (χ1v) is 16.9. The molecule has 2 aliphatic rings. The van der Waals surface area contributed by atoms with Gasteiger partial charge in [-0.3, -0.25) is 14.4 Å². The van der Waals surface area contributed by atoms with E-state index in [1.54, 1.807) is 60.7 Å². The van der Waals surface area contributed by atoms with Crippen molar-refractivity contribution in [2.75, 3.05) is 0 Å². The molecule has 7 heteroatoms. The molecule has 1 amide bonds. The van der Waals surface area contributed by atoms with Crippen molar-refractivity contribution in [3.05, 3.63) is 143 Å². The van der Waals surface area contributed by atoms with Crippen LogP contribution in [0.5, 0.6) is 0 Å². The maximum atomic E-state index is 12.4. The van der Waals surface area contributed by atoms with E-state index in [2.05, 4.69) is 33.0 Å². The Morgan fingerprint density at radius 1 is 0.571 bits per heavy atom. The van der Waals surface area contributed by atoms with E-state index in [4.69, 9.17) is 10.8 Å². The fraction of sp³-hybridized carbons (Fsp3) is 0.333. The first kappa shape index (κ1) is 36.9. The maximum absolute atomic E-state index is 12.4. The number of rotatable bonds is 7. The van der Waals surface area contributed by atoms with E-state index in [1.165, 1.54) is 43.5 Å². The summed E-state index contributed by atoms with van der Waals surface area (Å²) in [5.74, 6) is -1.19. The van der Waals surface area contributed by atoms with Crippen molar-refractivity contribution in [2.45, 2.75) is 78.3 Å². The van der Waals surface area contributed by atoms with Crippen LogP contribution in [0, 0.1) is 10.8 Å². The first-order chi connectivity index (χ1) is 23.2. The Labute approximate surface area is 290 Å². The predicted octanol–water partition coefficient (Wildman–Crippen LogP) is 8.37. The van der Waals surface area contributed by atoms with Gasteiger partial charge < -0.3 is 16.2 Å². The topological polar surface area (TPSA) is 127 Å². The highest BCUT2D eigenvalue weighted by Gasteiger charge is 2.32. The number of carbonyl (C=O) groups excluding carboxylic acids is 3. The molecule has 4 aromatic carbocycles. The molecule has 2 unspecified atom stereocenters. The minimum absolute atomic E-state index is 0.0277. The normalized spacial score (nSPS) is 18.6. The van der Waals surface area contributed by atoms with E-state index in [0.29, 0.717) is 44.7 Å². The molecule has 6 rings (SSSR count). The quantitative estimate of drug-likeness (QED) is 0.171. The van der Waals surface area contributed by atoms with Crippen LogP contribution in [0.15, 0.2) is 109 Å². The summed E-state index contributed by atoms with van der Waals surface area (Å²) in [5.41, 5.74) is 9.67. The fourth-order valence-electron chi connectivity index (χ4n) is 6.37. The van der Waals surface area contributed by atoms with Crippen molar-refractivity contribution >= 4 is 23.4 Å². The van der Waals surface area contributed by atoms with E-state index in [1.807, 2.05) is 24.3 Å². The Morgan fingerprint density at radius 2 is 0.959 bits per heavy atom. The van der Waals surface area contributed by atoms with Crippen LogP contribution in [0.1, 0.15) is 119 Å². The van der Waals surface area contributed by atoms with Crippen LogP contribution < -0.4 is 11.1 Å². The van der Waals surface area contributed by atoms with Gasteiger partial charge in [0.25, 0.3) is 5.91 Å². The number of nitrogens with two attached hydrogens (primary N) is 1. The minimum atomic E-state index is -0.997. The van der Waals surface area contributed by atoms with Gasteiger partial charge in [0.15, 0.2) is 11.6 Å². The van der Waals surface area contributed by atoms with Gasteiger partial charge in [-0.2, -0.15) is 0 Å². The second kappa shape index (κ2) is 16.5. The van der Waals surface area contributed by atoms with Gasteiger partial charge in [0.05, 0.1) is 5.56 Å². The second-order valence-corrected chi connectivity index (χ2v) is 14.6. The Balaban J connectivity index is 0.000000187. The van der Waals surface area contributed by atoms with Crippen molar-refractivity contribution in [2.24, 2.45) is 16.6 Å². The molecule has 256 valence electrons. The van der Waals surface area contributed by atoms with Crippen LogP contribution in [-0.4, -0.2) is 40.6 Å². The molecule has 7 nitrogen and oxygen atoms in total. The lowest BCUT2D eigenvalue weighted by atomic mass is 9.92. The van der Waals surface area contributed by atoms with Crippen LogP contribution in [0.4, 0.5) is 0 Å². The molecule has 0 aromatic heterocycles. The van der Waals surface area contributed by atoms with Crippen LogP contribution >= 0.6 is 0 Å². The summed E-state index contributed by atoms with van der Waals surface area (Å²) in [4.78, 5) is 47.4. The molecule has 0 saturated heterocycles. The zero-order valence-electron chi connectivity index (χ0n) is 28.9. The van der Waals surface area contributed by atoms with Gasteiger partial charge in [0.1, 0.15) is 0 Å². The Morgan fingerprint density at radius 3 is 1.31 bits per heavy atom. The molecule has 0 radical (unpaired) electrons. The van der Waals surface area contributed by atoms with Crippen LogP contribution in [-0.2, 0) is 0 Å². The highest BCUT2D eigenvalue weighted by molar-refractivity contribution is 6.10. The molecule has 2 aliphatic carbocycles. The summed E-state index contributed by atoms with van der Waals surface area (Å²) < 4.78 is 0. The van der Waals surface area contributed by atoms with Crippen molar-refractivity contribution in [3.8, 4) is 0 Å². The summed E-state index contributed by atoms with van der Waals surface area (Å²) in [5, 5.41) is 11.9. The number of nitrogens with one attached hydrogen (secondary N) is 1. The minimum Gasteiger partial charge on any atom is -0.478 e. The monoisotopic (exact) mass is 660 g/mol. The lowest BCUT2D eigenvalue weighted by Crippen LogP contribution is -2.33. The number of carboxylic acid groups (broad SMARTS) is 1. The molecular formula is C42H48N2O5. The van der Waals surface area contributed by atoms with E-state index in [0.717, 1.165) is 19.3 Å². The van der Waals surface area contributed by atoms with Gasteiger partial charge in [0.2, 0.25) is 0 Å². The van der Waals surface area contributed by atoms with Crippen molar-refractivity contribution < 1.29 is 24.3 Å². The molecule has 2 atom stereocenters. The van der Waals surface area contributed by atoms with Gasteiger partial charge in [-0.15, -0.1) is 0 Å². The molecule has 0 aliphatic heterocycles. The average molecular weight is 661 g/mol. The third-order valence-corrected chi connectivity index (χ3v) is 9.19. The standard InChI is InChI=1S/C21H23NO2.C14H10O3.C7H15N/c1-21(2)13-12-18(14-21)22-20(24)17-10-8-16(9-11-17)19(23)15-6-4-3-5-7-15;15-13(10-4-2-1-3-5-10)11-6-8-12(9-7-11)14(16)17;1-7(2)4-3-6(8)5-7/h3-11,18H,12-14H2,1-2H3,(H,22,24);1-9H,(H,16,17);6H,3-5,8H2,1-2H3. The zero-order valence-corrected chi connectivity index (χ0v) is 28.9. The number of carbonyl (C=O) groups is 4. The molecule has 2 fully saturated rings. The first-order valence-electron chi connectivity index (χ1n) is 16.9. The molecule has 0 heterocycles. The van der Waals surface area contributed by atoms with Gasteiger partial charge in [-0.05, 0) is 73.6 Å². The summed E-state index contributed by atoms with van der Waals surface area (Å²) in [6.07, 6.45) is 6.95. The largest absolute Gasteiger partial charge is 0.478 e. The number of amides is 1. The molecule has 0 spiro atoms. The number of ketones is 2. The molecule has 49 heavy (non-hydrogen) atoms. The van der Waals surface area contributed by atoms with Crippen molar-refractivity contribution in [1.29, 1.82) is 0 Å². The number of carboxylic acids is 1. The number of hydrogen-bond acceptors (Lipinski definition) is 5. The van der Waals surface area contributed by atoms with Crippen LogP contribution in [0.3, 0.4) is 0 Å². The van der Waals surface area contributed by atoms with Crippen LogP contribution in [0.25, 0.3) is 0 Å². The van der Waals surface area contributed by atoms with Gasteiger partial charge in [0, 0.05) is 39.9 Å². The maximum Gasteiger partial charge on any atom is 0.335 e. The Bertz CT molecular complexity index is 1710. The van der Waals surface area contributed by atoms with E-state index in [-0.39, 0.29) is 29.1 Å². The number of aromatic carboxylic acids is 1. The van der Waals surface area contributed by atoms with E-state index < -0.39 is 5.97 Å². The molecule has 0 bridgehead atoms. The lowest BCUT2D eigenvalue weighted by Gasteiger charge is -2.18. The Hall–Kier alpha value is -4.88. The summed E-state index contributed by atoms with van der Waals surface area (Å²) in [6.45, 7) is 9.06. The van der Waals surface area contributed by atoms with E-state index in [9.17, 15) is 19.2 Å². The summed E-state index contributed by atoms with van der Waals surface area (Å²) in [6, 6.07) is 31.6. The highest BCUT2D eigenvalue weighted by Crippen LogP contribution is 2.37. The van der Waals surface area contributed by atoms with Gasteiger partial charge in [-0.1, -0.05) is 113 Å². The SMILES string of the molecule is CC1(C)CCC(N)C1.CC1(C)CCC(NC(=O)c2ccc(C(=O)c3ccccc3)cc2)C1.O=C(O)c1ccc(C(=O)c2ccccc2)cc1. The fourth-order valence-corrected chi connectivity index (χ4v) is 6.37. The molecule has 4 N–H and O–H groups in total. The summed E-state index contributed by atoms with van der Waals surface area (Å²) in [7, 11) is 0. The molecular weight excluding hydrogens is 612 g/mol. The molecule has 2 saturated carbocycles. The number of benzene rings is 4. The second-order valence-electron chi connectivity index (χ2n) is 14.6. The third-order valence-electron chi connectivity index (χ3n) is 9.19. The molecule has 4 aromatic rings. The zero-order chi connectivity index (χ0) is 35.6. The highest BCUT2D eigenvalue weighted by atomic mass is 16.4. The summed E-state index contributed by atoms with van der Waals surface area (Å²) >= 11 is 0. The Kier molecular flexibility index (Phi) is 12.4. The van der Waals surface area contributed by atoms with E-state index >= 15 is 0 Å². The average Bonchev–Trinajstić information content (AvgIpc) is 3.62. The van der Waals surface area contributed by atoms with Crippen molar-refractivity contribution in [1.82, 2.24) is 5.32 Å². The van der Waals surface area contributed by atoms with Crippen LogP contribution in [0.2, 0.25) is 0 Å².